The average Bonchev–Trinajstić information content (AvgIpc) is 2.79. The number of imide groups is 1. The third kappa shape index (κ3) is 3.45. The second-order valence-corrected chi connectivity index (χ2v) is 12.0. The van der Waals surface area contributed by atoms with Crippen LogP contribution in [0.2, 0.25) is 0 Å². The molecule has 0 aromatic carbocycles. The maximum absolute atomic E-state index is 13.0. The summed E-state index contributed by atoms with van der Waals surface area (Å²) in [6, 6.07) is -0.768. The van der Waals surface area contributed by atoms with Crippen LogP contribution in [0.1, 0.15) is 72.1 Å². The van der Waals surface area contributed by atoms with Crippen LogP contribution in [0.4, 0.5) is 0 Å². The molecular formula is C23H33NO4S. The van der Waals surface area contributed by atoms with Crippen LogP contribution in [0, 0.1) is 22.2 Å². The van der Waals surface area contributed by atoms with Crippen molar-refractivity contribution >= 4 is 29.4 Å². The number of nitrogens with zero attached hydrogens (tertiary/aromatic N) is 1. The van der Waals surface area contributed by atoms with Crippen molar-refractivity contribution in [2.24, 2.45) is 22.2 Å². The molecule has 29 heavy (non-hydrogen) atoms. The first-order chi connectivity index (χ1) is 13.5. The Kier molecular flexibility index (Phi) is 4.96. The van der Waals surface area contributed by atoms with Gasteiger partial charge in [-0.05, 0) is 79.1 Å². The van der Waals surface area contributed by atoms with E-state index in [0.717, 1.165) is 24.2 Å². The summed E-state index contributed by atoms with van der Waals surface area (Å²) in [7, 11) is 0. The highest BCUT2D eigenvalue weighted by atomic mass is 32.2. The maximum Gasteiger partial charge on any atom is 0.268 e. The fraction of sp³-hybridized carbons (Fsp3) is 0.783. The summed E-state index contributed by atoms with van der Waals surface area (Å²) in [5.41, 5.74) is 0.445. The van der Waals surface area contributed by atoms with E-state index in [2.05, 4.69) is 13.8 Å². The van der Waals surface area contributed by atoms with E-state index in [1.807, 2.05) is 6.26 Å². The monoisotopic (exact) mass is 419 g/mol. The first-order valence-electron chi connectivity index (χ1n) is 10.8. The molecule has 1 aliphatic heterocycles. The molecule has 4 aliphatic carbocycles. The Labute approximate surface area is 177 Å². The van der Waals surface area contributed by atoms with Crippen LogP contribution in [0.15, 0.2) is 11.3 Å². The number of ketones is 1. The predicted octanol–water partition coefficient (Wildman–Crippen LogP) is 4.26. The first kappa shape index (κ1) is 21.0. The molecule has 2 amide bonds. The summed E-state index contributed by atoms with van der Waals surface area (Å²) in [6.07, 6.45) is 9.70. The molecule has 5 aliphatic rings. The van der Waals surface area contributed by atoms with Crippen molar-refractivity contribution in [2.75, 3.05) is 12.0 Å². The Hall–Kier alpha value is -1.30. The lowest BCUT2D eigenvalue weighted by atomic mass is 9.40. The van der Waals surface area contributed by atoms with E-state index in [0.29, 0.717) is 35.3 Å². The lowest BCUT2D eigenvalue weighted by Gasteiger charge is -2.65. The fourth-order valence-electron chi connectivity index (χ4n) is 8.09. The molecule has 6 heteroatoms. The number of aliphatic hydroxyl groups excluding tert-OH is 1. The number of carbonyl (C=O) groups excluding carboxylic acids is 3. The summed E-state index contributed by atoms with van der Waals surface area (Å²) in [4.78, 5) is 39.1. The van der Waals surface area contributed by atoms with Crippen LogP contribution < -0.4 is 0 Å². The third-order valence-electron chi connectivity index (χ3n) is 7.80. The van der Waals surface area contributed by atoms with Crippen LogP contribution >= 0.6 is 11.8 Å². The lowest BCUT2D eigenvalue weighted by Crippen LogP contribution is -2.55. The van der Waals surface area contributed by atoms with E-state index in [1.54, 1.807) is 11.8 Å². The van der Waals surface area contributed by atoms with Crippen molar-refractivity contribution in [2.45, 2.75) is 78.2 Å². The highest BCUT2D eigenvalue weighted by molar-refractivity contribution is 7.98. The molecule has 0 aromatic rings. The number of Topliss-reactive ketones (excluding diaryl/α,β-unsaturated/α-hetero) is 1. The van der Waals surface area contributed by atoms with E-state index >= 15 is 0 Å². The van der Waals surface area contributed by atoms with Gasteiger partial charge in [0.15, 0.2) is 5.78 Å². The third-order valence-corrected chi connectivity index (χ3v) is 8.44. The topological polar surface area (TPSA) is 74.7 Å². The molecule has 1 N–H and O–H groups in total. The van der Waals surface area contributed by atoms with Crippen molar-refractivity contribution in [1.29, 1.82) is 0 Å². The molecule has 5 fully saturated rings. The van der Waals surface area contributed by atoms with E-state index < -0.39 is 17.9 Å². The highest BCUT2D eigenvalue weighted by Gasteiger charge is 2.60. The zero-order valence-electron chi connectivity index (χ0n) is 18.0. The summed E-state index contributed by atoms with van der Waals surface area (Å²) in [5, 5.41) is 11.1. The molecule has 1 heterocycles. The van der Waals surface area contributed by atoms with Gasteiger partial charge in [0.25, 0.3) is 5.91 Å². The maximum atomic E-state index is 13.0. The Morgan fingerprint density at radius 2 is 1.76 bits per heavy atom. The van der Waals surface area contributed by atoms with Gasteiger partial charge >= 0.3 is 0 Å². The van der Waals surface area contributed by atoms with Crippen molar-refractivity contribution < 1.29 is 19.5 Å². The molecule has 160 valence electrons. The number of allylic oxidation sites excluding steroid dienone is 1. The van der Waals surface area contributed by atoms with Gasteiger partial charge in [0.2, 0.25) is 5.91 Å². The van der Waals surface area contributed by atoms with Crippen LogP contribution in [0.3, 0.4) is 0 Å². The highest BCUT2D eigenvalue weighted by Crippen LogP contribution is 2.70. The molecule has 5 rings (SSSR count). The molecule has 0 spiro atoms. The number of amides is 2. The zero-order valence-corrected chi connectivity index (χ0v) is 18.9. The number of hydrogen-bond acceptors (Lipinski definition) is 5. The summed E-state index contributed by atoms with van der Waals surface area (Å²) >= 11 is 1.58. The number of likely N-dealkylation sites (tertiary alicyclic amines) is 1. The molecule has 5 nitrogen and oxygen atoms in total. The largest absolute Gasteiger partial charge is 0.511 e. The molecule has 0 radical (unpaired) electrons. The van der Waals surface area contributed by atoms with Crippen LogP contribution in [-0.2, 0) is 14.4 Å². The minimum Gasteiger partial charge on any atom is -0.511 e. The molecule has 0 aromatic heterocycles. The summed E-state index contributed by atoms with van der Waals surface area (Å²) in [6.45, 7) is 6.06. The average molecular weight is 420 g/mol. The van der Waals surface area contributed by atoms with Crippen molar-refractivity contribution in [1.82, 2.24) is 4.90 Å². The Bertz CT molecular complexity index is 785. The molecule has 4 saturated carbocycles. The van der Waals surface area contributed by atoms with Gasteiger partial charge in [-0.1, -0.05) is 13.8 Å². The quantitative estimate of drug-likeness (QED) is 0.409. The second-order valence-electron chi connectivity index (χ2n) is 11.0. The van der Waals surface area contributed by atoms with Crippen molar-refractivity contribution in [3.63, 3.8) is 0 Å². The number of carbonyl (C=O) groups is 3. The van der Waals surface area contributed by atoms with Crippen LogP contribution in [0.25, 0.3) is 0 Å². The van der Waals surface area contributed by atoms with Crippen molar-refractivity contribution in [3.8, 4) is 0 Å². The van der Waals surface area contributed by atoms with E-state index in [1.165, 1.54) is 26.2 Å². The standard InChI is InChI=1S/C23H33NO4S/c1-14(25)24-16(5-6-29-4)19(27)18(20(24)28)17(26)10-23-9-15-7-21(2,12-23)11-22(3,8-15)13-23/h15-16,26H,5-13H2,1-4H3/b18-17-. The Morgan fingerprint density at radius 1 is 1.14 bits per heavy atom. The second kappa shape index (κ2) is 6.86. The SMILES string of the molecule is CSCCC1C(=O)/C(=C(/O)CC23CC4CC(C)(CC(C)(C4)C2)C3)C(=O)N1C(C)=O. The predicted molar refractivity (Wildman–Crippen MR) is 113 cm³/mol. The molecule has 3 unspecified atom stereocenters. The van der Waals surface area contributed by atoms with Gasteiger partial charge in [-0.25, -0.2) is 0 Å². The number of aliphatic hydroxyl groups is 1. The van der Waals surface area contributed by atoms with Gasteiger partial charge in [0.05, 0.1) is 0 Å². The number of rotatable bonds is 5. The summed E-state index contributed by atoms with van der Waals surface area (Å²) in [5.74, 6) is -0.118. The molecule has 4 bridgehead atoms. The number of hydrogen-bond donors (Lipinski definition) is 1. The van der Waals surface area contributed by atoms with Gasteiger partial charge in [0.1, 0.15) is 17.4 Å². The van der Waals surface area contributed by atoms with Gasteiger partial charge in [0, 0.05) is 13.3 Å². The molecular weight excluding hydrogens is 386 g/mol. The lowest BCUT2D eigenvalue weighted by molar-refractivity contribution is -0.146. The Morgan fingerprint density at radius 3 is 2.28 bits per heavy atom. The normalized spacial score (nSPS) is 42.7. The van der Waals surface area contributed by atoms with Crippen LogP contribution in [0.5, 0.6) is 0 Å². The van der Waals surface area contributed by atoms with Gasteiger partial charge in [-0.2, -0.15) is 11.8 Å². The van der Waals surface area contributed by atoms with E-state index in [-0.39, 0.29) is 22.5 Å². The van der Waals surface area contributed by atoms with Crippen LogP contribution in [-0.4, -0.2) is 45.7 Å². The molecule has 3 atom stereocenters. The number of thioether (sulfide) groups is 1. The van der Waals surface area contributed by atoms with E-state index in [9.17, 15) is 19.5 Å². The van der Waals surface area contributed by atoms with Gasteiger partial charge in [-0.3, -0.25) is 19.3 Å². The zero-order chi connectivity index (χ0) is 21.2. The first-order valence-corrected chi connectivity index (χ1v) is 12.2. The minimum absolute atomic E-state index is 0.0288. The minimum atomic E-state index is -0.768. The fourth-order valence-corrected chi connectivity index (χ4v) is 8.55. The molecule has 1 saturated heterocycles. The Balaban J connectivity index is 1.64. The van der Waals surface area contributed by atoms with E-state index in [4.69, 9.17) is 0 Å². The van der Waals surface area contributed by atoms with Crippen molar-refractivity contribution in [3.05, 3.63) is 11.3 Å². The van der Waals surface area contributed by atoms with Gasteiger partial charge < -0.3 is 5.11 Å². The van der Waals surface area contributed by atoms with Gasteiger partial charge in [-0.15, -0.1) is 0 Å². The summed E-state index contributed by atoms with van der Waals surface area (Å²) < 4.78 is 0. The smallest absolute Gasteiger partial charge is 0.268 e.